The molecule has 3 aliphatic rings. The number of aryl methyl sites for hydroxylation is 2. The SMILES string of the molecule is O=C(NNC(=O)C1CC(=O)N(C2CC2)C1)c1cc2c(s1)CCCCC2. The summed E-state index contributed by atoms with van der Waals surface area (Å²) in [7, 11) is 0. The second-order valence-corrected chi connectivity index (χ2v) is 8.38. The minimum absolute atomic E-state index is 0.0518. The Morgan fingerprint density at radius 3 is 2.72 bits per heavy atom. The van der Waals surface area contributed by atoms with Crippen molar-refractivity contribution in [3.63, 3.8) is 0 Å². The van der Waals surface area contributed by atoms with Crippen molar-refractivity contribution in [2.75, 3.05) is 6.54 Å². The lowest BCUT2D eigenvalue weighted by molar-refractivity contribution is -0.129. The molecule has 1 saturated carbocycles. The van der Waals surface area contributed by atoms with E-state index >= 15 is 0 Å². The van der Waals surface area contributed by atoms with Crippen LogP contribution in [0.2, 0.25) is 0 Å². The quantitative estimate of drug-likeness (QED) is 0.636. The van der Waals surface area contributed by atoms with Gasteiger partial charge in [-0.1, -0.05) is 6.42 Å². The van der Waals surface area contributed by atoms with Gasteiger partial charge in [0, 0.05) is 23.9 Å². The minimum atomic E-state index is -0.367. The molecule has 3 amide bonds. The van der Waals surface area contributed by atoms with Crippen molar-refractivity contribution in [3.8, 4) is 0 Å². The predicted molar refractivity (Wildman–Crippen MR) is 94.0 cm³/mol. The molecule has 0 aromatic carbocycles. The largest absolute Gasteiger partial charge is 0.339 e. The number of rotatable bonds is 3. The third-order valence-corrected chi connectivity index (χ3v) is 6.52. The van der Waals surface area contributed by atoms with E-state index < -0.39 is 0 Å². The Bertz CT molecular complexity index is 687. The summed E-state index contributed by atoms with van der Waals surface area (Å²) in [6.07, 6.45) is 8.00. The fraction of sp³-hybridized carbons (Fsp3) is 0.611. The fourth-order valence-electron chi connectivity index (χ4n) is 3.71. The molecule has 25 heavy (non-hydrogen) atoms. The number of likely N-dealkylation sites (tertiary alicyclic amines) is 1. The number of nitrogens with zero attached hydrogens (tertiary/aromatic N) is 1. The first-order valence-electron chi connectivity index (χ1n) is 9.13. The number of fused-ring (bicyclic) bond motifs is 1. The monoisotopic (exact) mass is 361 g/mol. The van der Waals surface area contributed by atoms with Gasteiger partial charge in [0.1, 0.15) is 0 Å². The highest BCUT2D eigenvalue weighted by atomic mass is 32.1. The third kappa shape index (κ3) is 3.56. The van der Waals surface area contributed by atoms with E-state index in [1.165, 1.54) is 41.0 Å². The summed E-state index contributed by atoms with van der Waals surface area (Å²) < 4.78 is 0. The normalized spacial score (nSPS) is 23.1. The van der Waals surface area contributed by atoms with Crippen LogP contribution >= 0.6 is 11.3 Å². The first kappa shape index (κ1) is 16.6. The number of hydrogen-bond donors (Lipinski definition) is 2. The molecule has 2 aliphatic carbocycles. The van der Waals surface area contributed by atoms with Crippen LogP contribution in [0.1, 0.15) is 58.6 Å². The predicted octanol–water partition coefficient (Wildman–Crippen LogP) is 1.79. The van der Waals surface area contributed by atoms with Gasteiger partial charge in [0.25, 0.3) is 5.91 Å². The lowest BCUT2D eigenvalue weighted by atomic mass is 10.1. The van der Waals surface area contributed by atoms with Gasteiger partial charge in [-0.05, 0) is 50.2 Å². The van der Waals surface area contributed by atoms with E-state index in [2.05, 4.69) is 10.9 Å². The van der Waals surface area contributed by atoms with E-state index in [1.807, 2.05) is 11.0 Å². The first-order chi connectivity index (χ1) is 12.1. The van der Waals surface area contributed by atoms with Gasteiger partial charge in [0.05, 0.1) is 10.8 Å². The maximum absolute atomic E-state index is 12.3. The van der Waals surface area contributed by atoms with E-state index in [-0.39, 0.29) is 30.1 Å². The Labute approximate surface area is 150 Å². The van der Waals surface area contributed by atoms with E-state index in [0.717, 1.165) is 25.7 Å². The maximum atomic E-state index is 12.3. The Morgan fingerprint density at radius 2 is 1.92 bits per heavy atom. The summed E-state index contributed by atoms with van der Waals surface area (Å²) in [5, 5.41) is 0. The number of hydrogen-bond acceptors (Lipinski definition) is 4. The molecule has 1 aromatic heterocycles. The van der Waals surface area contributed by atoms with Gasteiger partial charge >= 0.3 is 0 Å². The van der Waals surface area contributed by atoms with E-state index in [9.17, 15) is 14.4 Å². The average molecular weight is 361 g/mol. The number of carbonyl (C=O) groups excluding carboxylic acids is 3. The second-order valence-electron chi connectivity index (χ2n) is 7.24. The number of hydrazine groups is 1. The molecular formula is C18H23N3O3S. The molecule has 1 atom stereocenters. The van der Waals surface area contributed by atoms with Crippen LogP contribution in [-0.4, -0.2) is 35.2 Å². The van der Waals surface area contributed by atoms with Crippen molar-refractivity contribution in [1.29, 1.82) is 0 Å². The van der Waals surface area contributed by atoms with E-state index in [1.54, 1.807) is 0 Å². The van der Waals surface area contributed by atoms with Crippen LogP contribution < -0.4 is 10.9 Å². The molecule has 1 aromatic rings. The van der Waals surface area contributed by atoms with Crippen LogP contribution in [0.15, 0.2) is 6.07 Å². The Balaban J connectivity index is 1.31. The highest BCUT2D eigenvalue weighted by molar-refractivity contribution is 7.14. The number of nitrogens with one attached hydrogen (secondary N) is 2. The summed E-state index contributed by atoms with van der Waals surface area (Å²) in [5.74, 6) is -0.859. The Morgan fingerprint density at radius 1 is 1.12 bits per heavy atom. The third-order valence-electron chi connectivity index (χ3n) is 5.29. The van der Waals surface area contributed by atoms with Gasteiger partial charge in [0.15, 0.2) is 0 Å². The van der Waals surface area contributed by atoms with Crippen molar-refractivity contribution in [2.45, 2.75) is 57.4 Å². The molecule has 7 heteroatoms. The van der Waals surface area contributed by atoms with Gasteiger partial charge < -0.3 is 4.90 Å². The lowest BCUT2D eigenvalue weighted by Crippen LogP contribution is -2.45. The van der Waals surface area contributed by atoms with Crippen LogP contribution in [-0.2, 0) is 22.4 Å². The van der Waals surface area contributed by atoms with Crippen molar-refractivity contribution in [2.24, 2.45) is 5.92 Å². The van der Waals surface area contributed by atoms with Crippen LogP contribution in [0.3, 0.4) is 0 Å². The second kappa shape index (κ2) is 6.78. The molecule has 1 saturated heterocycles. The highest BCUT2D eigenvalue weighted by Crippen LogP contribution is 2.32. The van der Waals surface area contributed by atoms with Crippen LogP contribution in [0.4, 0.5) is 0 Å². The van der Waals surface area contributed by atoms with Crippen molar-refractivity contribution < 1.29 is 14.4 Å². The van der Waals surface area contributed by atoms with Gasteiger partial charge in [-0.2, -0.15) is 0 Å². The smallest absolute Gasteiger partial charge is 0.279 e. The van der Waals surface area contributed by atoms with Gasteiger partial charge in [0.2, 0.25) is 11.8 Å². The van der Waals surface area contributed by atoms with E-state index in [4.69, 9.17) is 0 Å². The zero-order valence-electron chi connectivity index (χ0n) is 14.2. The highest BCUT2D eigenvalue weighted by Gasteiger charge is 2.41. The molecule has 0 spiro atoms. The molecule has 0 bridgehead atoms. The van der Waals surface area contributed by atoms with Crippen molar-refractivity contribution in [3.05, 3.63) is 21.4 Å². The minimum Gasteiger partial charge on any atom is -0.339 e. The molecule has 0 radical (unpaired) electrons. The summed E-state index contributed by atoms with van der Waals surface area (Å²) in [5.41, 5.74) is 6.30. The molecule has 1 unspecified atom stereocenters. The first-order valence-corrected chi connectivity index (χ1v) is 9.94. The van der Waals surface area contributed by atoms with Crippen LogP contribution in [0.5, 0.6) is 0 Å². The molecule has 1 aliphatic heterocycles. The van der Waals surface area contributed by atoms with Crippen LogP contribution in [0, 0.1) is 5.92 Å². The maximum Gasteiger partial charge on any atom is 0.279 e. The standard InChI is InChI=1S/C18H23N3O3S/c22-16-9-12(10-21(16)13-6-7-13)17(23)19-20-18(24)15-8-11-4-2-1-3-5-14(11)25-15/h8,12-13H,1-7,9-10H2,(H,19,23)(H,20,24). The number of amides is 3. The fourth-order valence-corrected chi connectivity index (χ4v) is 4.86. The average Bonchev–Trinajstić information content (AvgIpc) is 3.31. The zero-order valence-corrected chi connectivity index (χ0v) is 15.0. The lowest BCUT2D eigenvalue weighted by Gasteiger charge is -2.15. The summed E-state index contributed by atoms with van der Waals surface area (Å²) in [6.45, 7) is 0.471. The van der Waals surface area contributed by atoms with Crippen molar-refractivity contribution >= 4 is 29.1 Å². The van der Waals surface area contributed by atoms with E-state index in [0.29, 0.717) is 17.5 Å². The Hall–Kier alpha value is -1.89. The van der Waals surface area contributed by atoms with Gasteiger partial charge in [-0.15, -0.1) is 11.3 Å². The van der Waals surface area contributed by atoms with Gasteiger partial charge in [-0.25, -0.2) is 0 Å². The molecule has 2 fully saturated rings. The number of carbonyl (C=O) groups is 3. The van der Waals surface area contributed by atoms with Crippen LogP contribution in [0.25, 0.3) is 0 Å². The molecule has 4 rings (SSSR count). The zero-order chi connectivity index (χ0) is 17.4. The van der Waals surface area contributed by atoms with Crippen molar-refractivity contribution in [1.82, 2.24) is 15.8 Å². The number of thiophene rings is 1. The molecule has 6 nitrogen and oxygen atoms in total. The summed E-state index contributed by atoms with van der Waals surface area (Å²) in [6, 6.07) is 2.29. The molecule has 134 valence electrons. The summed E-state index contributed by atoms with van der Waals surface area (Å²) in [4.78, 5) is 40.3. The summed E-state index contributed by atoms with van der Waals surface area (Å²) >= 11 is 1.53. The molecular weight excluding hydrogens is 338 g/mol. The topological polar surface area (TPSA) is 78.5 Å². The van der Waals surface area contributed by atoms with Gasteiger partial charge in [-0.3, -0.25) is 25.2 Å². The molecule has 2 heterocycles. The molecule has 2 N–H and O–H groups in total. The Kier molecular flexibility index (Phi) is 4.50.